The molecule has 2 bridgehead atoms. The number of aliphatic hydroxyl groups excluding tert-OH is 1. The number of rotatable bonds is 0. The van der Waals surface area contributed by atoms with Crippen LogP contribution >= 0.6 is 0 Å². The van der Waals surface area contributed by atoms with E-state index in [2.05, 4.69) is 0 Å². The average molecular weight is 220 g/mol. The van der Waals surface area contributed by atoms with Crippen molar-refractivity contribution in [2.24, 2.45) is 35.5 Å². The van der Waals surface area contributed by atoms with Gasteiger partial charge in [-0.15, -0.1) is 0 Å². The number of hydrogen-bond acceptors (Lipinski definition) is 1. The molecule has 4 aliphatic rings. The van der Waals surface area contributed by atoms with Crippen molar-refractivity contribution < 1.29 is 5.11 Å². The maximum Gasteiger partial charge on any atom is 0.0574 e. The first-order valence-electron chi connectivity index (χ1n) is 7.51. The molecule has 1 N–H and O–H groups in total. The lowest BCUT2D eigenvalue weighted by atomic mass is 9.59. The largest absolute Gasteiger partial charge is 0.393 e. The van der Waals surface area contributed by atoms with Crippen molar-refractivity contribution in [1.82, 2.24) is 0 Å². The predicted molar refractivity (Wildman–Crippen MR) is 63.9 cm³/mol. The molecule has 1 heteroatoms. The van der Waals surface area contributed by atoms with Crippen molar-refractivity contribution in [2.75, 3.05) is 0 Å². The zero-order valence-corrected chi connectivity index (χ0v) is 10.1. The van der Waals surface area contributed by atoms with E-state index in [1.807, 2.05) is 0 Å². The van der Waals surface area contributed by atoms with Gasteiger partial charge in [0.15, 0.2) is 0 Å². The van der Waals surface area contributed by atoms with Crippen LogP contribution in [0.15, 0.2) is 0 Å². The van der Waals surface area contributed by atoms with Crippen LogP contribution in [0, 0.1) is 35.5 Å². The summed E-state index contributed by atoms with van der Waals surface area (Å²) in [6.45, 7) is 0. The van der Waals surface area contributed by atoms with Gasteiger partial charge < -0.3 is 5.11 Å². The monoisotopic (exact) mass is 220 g/mol. The van der Waals surface area contributed by atoms with Gasteiger partial charge in [-0.2, -0.15) is 0 Å². The van der Waals surface area contributed by atoms with E-state index in [9.17, 15) is 5.11 Å². The third-order valence-electron chi connectivity index (χ3n) is 6.54. The number of fused-ring (bicyclic) bond motifs is 6. The molecule has 0 heterocycles. The SMILES string of the molecule is OC1CC2CC1C1CC3CCCCC3CC21. The summed E-state index contributed by atoms with van der Waals surface area (Å²) in [6, 6.07) is 0. The van der Waals surface area contributed by atoms with E-state index in [1.54, 1.807) is 0 Å². The molecule has 1 nitrogen and oxygen atoms in total. The molecule has 7 atom stereocenters. The van der Waals surface area contributed by atoms with Gasteiger partial charge in [0.05, 0.1) is 6.10 Å². The van der Waals surface area contributed by atoms with Crippen LogP contribution in [0.4, 0.5) is 0 Å². The quantitative estimate of drug-likeness (QED) is 0.664. The molecule has 0 aromatic heterocycles. The second-order valence-electron chi connectivity index (χ2n) is 7.07. The molecular weight excluding hydrogens is 196 g/mol. The highest BCUT2D eigenvalue weighted by molar-refractivity contribution is 5.04. The molecule has 0 aliphatic heterocycles. The summed E-state index contributed by atoms with van der Waals surface area (Å²) in [5.74, 6) is 5.68. The molecule has 4 rings (SSSR count). The third kappa shape index (κ3) is 1.27. The Morgan fingerprint density at radius 1 is 0.625 bits per heavy atom. The molecule has 0 amide bonds. The van der Waals surface area contributed by atoms with Gasteiger partial charge in [-0.1, -0.05) is 25.7 Å². The van der Waals surface area contributed by atoms with Gasteiger partial charge in [-0.05, 0) is 61.2 Å². The fourth-order valence-electron chi connectivity index (χ4n) is 5.89. The van der Waals surface area contributed by atoms with E-state index >= 15 is 0 Å². The second-order valence-corrected chi connectivity index (χ2v) is 7.07. The van der Waals surface area contributed by atoms with Crippen molar-refractivity contribution in [3.63, 3.8) is 0 Å². The van der Waals surface area contributed by atoms with Crippen LogP contribution in [0.5, 0.6) is 0 Å². The topological polar surface area (TPSA) is 20.2 Å². The zero-order valence-electron chi connectivity index (χ0n) is 10.1. The summed E-state index contributed by atoms with van der Waals surface area (Å²) < 4.78 is 0. The van der Waals surface area contributed by atoms with Gasteiger partial charge in [-0.25, -0.2) is 0 Å². The summed E-state index contributed by atoms with van der Waals surface area (Å²) >= 11 is 0. The van der Waals surface area contributed by atoms with Crippen molar-refractivity contribution in [3.8, 4) is 0 Å². The first-order valence-corrected chi connectivity index (χ1v) is 7.51. The van der Waals surface area contributed by atoms with Gasteiger partial charge in [0, 0.05) is 0 Å². The van der Waals surface area contributed by atoms with Crippen molar-refractivity contribution >= 4 is 0 Å². The summed E-state index contributed by atoms with van der Waals surface area (Å²) in [7, 11) is 0. The minimum Gasteiger partial charge on any atom is -0.393 e. The lowest BCUT2D eigenvalue weighted by Gasteiger charge is -2.46. The number of hydrogen-bond donors (Lipinski definition) is 1. The molecule has 4 saturated carbocycles. The lowest BCUT2D eigenvalue weighted by molar-refractivity contribution is -0.00955. The Balaban J connectivity index is 1.56. The van der Waals surface area contributed by atoms with Crippen molar-refractivity contribution in [1.29, 1.82) is 0 Å². The molecule has 0 aromatic carbocycles. The second kappa shape index (κ2) is 3.48. The summed E-state index contributed by atoms with van der Waals surface area (Å²) in [6.07, 6.45) is 11.6. The van der Waals surface area contributed by atoms with Crippen LogP contribution in [-0.2, 0) is 0 Å². The van der Waals surface area contributed by atoms with E-state index in [-0.39, 0.29) is 6.10 Å². The first-order chi connectivity index (χ1) is 7.83. The zero-order chi connectivity index (χ0) is 10.7. The first kappa shape index (κ1) is 9.94. The van der Waals surface area contributed by atoms with Crippen LogP contribution in [-0.4, -0.2) is 11.2 Å². The van der Waals surface area contributed by atoms with Gasteiger partial charge in [0.2, 0.25) is 0 Å². The van der Waals surface area contributed by atoms with Crippen LogP contribution in [0.3, 0.4) is 0 Å². The highest BCUT2D eigenvalue weighted by atomic mass is 16.3. The van der Waals surface area contributed by atoms with Gasteiger partial charge in [0.1, 0.15) is 0 Å². The molecular formula is C15H24O. The van der Waals surface area contributed by atoms with E-state index < -0.39 is 0 Å². The molecule has 0 saturated heterocycles. The molecule has 0 spiro atoms. The lowest BCUT2D eigenvalue weighted by Crippen LogP contribution is -2.40. The normalized spacial score (nSPS) is 59.4. The maximum absolute atomic E-state index is 10.1. The minimum absolute atomic E-state index is 0.0754. The maximum atomic E-state index is 10.1. The molecule has 0 radical (unpaired) electrons. The Kier molecular flexibility index (Phi) is 2.16. The van der Waals surface area contributed by atoms with E-state index in [0.717, 1.165) is 36.0 Å². The highest BCUT2D eigenvalue weighted by Gasteiger charge is 2.55. The van der Waals surface area contributed by atoms with E-state index in [0.29, 0.717) is 5.92 Å². The molecule has 90 valence electrons. The van der Waals surface area contributed by atoms with Crippen LogP contribution in [0.1, 0.15) is 51.4 Å². The Bertz CT molecular complexity index is 287. The van der Waals surface area contributed by atoms with Gasteiger partial charge >= 0.3 is 0 Å². The molecule has 7 unspecified atom stereocenters. The predicted octanol–water partition coefficient (Wildman–Crippen LogP) is 3.22. The van der Waals surface area contributed by atoms with E-state index in [1.165, 1.54) is 44.9 Å². The average Bonchev–Trinajstić information content (AvgIpc) is 2.84. The van der Waals surface area contributed by atoms with E-state index in [4.69, 9.17) is 0 Å². The highest BCUT2D eigenvalue weighted by Crippen LogP contribution is 2.60. The van der Waals surface area contributed by atoms with Crippen LogP contribution in [0.25, 0.3) is 0 Å². The fourth-order valence-corrected chi connectivity index (χ4v) is 5.89. The summed E-state index contributed by atoms with van der Waals surface area (Å²) in [5.41, 5.74) is 0. The smallest absolute Gasteiger partial charge is 0.0574 e. The van der Waals surface area contributed by atoms with Crippen molar-refractivity contribution in [2.45, 2.75) is 57.5 Å². The van der Waals surface area contributed by atoms with Crippen LogP contribution < -0.4 is 0 Å². The molecule has 4 aliphatic carbocycles. The molecule has 16 heavy (non-hydrogen) atoms. The van der Waals surface area contributed by atoms with Gasteiger partial charge in [0.25, 0.3) is 0 Å². The summed E-state index contributed by atoms with van der Waals surface area (Å²) in [5, 5.41) is 10.1. The molecule has 0 aromatic rings. The summed E-state index contributed by atoms with van der Waals surface area (Å²) in [4.78, 5) is 0. The molecule has 4 fully saturated rings. The Labute approximate surface area is 98.6 Å². The van der Waals surface area contributed by atoms with Crippen molar-refractivity contribution in [3.05, 3.63) is 0 Å². The Hall–Kier alpha value is -0.0400. The van der Waals surface area contributed by atoms with Gasteiger partial charge in [-0.3, -0.25) is 0 Å². The Morgan fingerprint density at radius 3 is 2.00 bits per heavy atom. The minimum atomic E-state index is 0.0754. The number of aliphatic hydroxyl groups is 1. The third-order valence-corrected chi connectivity index (χ3v) is 6.54. The fraction of sp³-hybridized carbons (Fsp3) is 1.00. The van der Waals surface area contributed by atoms with Crippen LogP contribution in [0.2, 0.25) is 0 Å². The Morgan fingerprint density at radius 2 is 1.25 bits per heavy atom. The standard InChI is InChI=1S/C15H24O/c16-15-8-11-7-14(15)13-6-10-4-2-1-3-9(10)5-12(11)13/h9-16H,1-8H2.